The lowest BCUT2D eigenvalue weighted by molar-refractivity contribution is 0.0835. The van der Waals surface area contributed by atoms with Crippen LogP contribution in [0.5, 0.6) is 5.75 Å². The largest absolute Gasteiger partial charge is 0.495 e. The number of methoxy groups -OCH3 is 1. The lowest BCUT2D eigenvalue weighted by atomic mass is 9.89. The standard InChI is InChI=1S/C30H42N8O2/c1-4-24-30(33-20-16-22(39)17-20)35-27-23(18-32-29(31)28(27)34-24)19-5-6-25(26(15-19)40-3)38-9-7-21(8-10-38)37-13-11-36(2)12-14-37/h5-6,15,18,20-22,39H,4,7-14,16-17H2,1-3H3,(H2,31,32)(H,33,35). The van der Waals surface area contributed by atoms with Gasteiger partial charge in [-0.3, -0.25) is 4.90 Å². The van der Waals surface area contributed by atoms with Crippen LogP contribution in [0.1, 0.15) is 38.3 Å². The minimum atomic E-state index is -0.241. The second kappa shape index (κ2) is 11.3. The third-order valence-corrected chi connectivity index (χ3v) is 8.94. The highest BCUT2D eigenvalue weighted by Gasteiger charge is 2.29. The Morgan fingerprint density at radius 1 is 1.05 bits per heavy atom. The number of nitrogen functional groups attached to an aromatic ring is 1. The molecule has 0 atom stereocenters. The number of aliphatic hydroxyl groups excluding tert-OH is 1. The van der Waals surface area contributed by atoms with Gasteiger partial charge in [-0.1, -0.05) is 13.0 Å². The van der Waals surface area contributed by atoms with Crippen molar-refractivity contribution in [2.75, 3.05) is 69.4 Å². The summed E-state index contributed by atoms with van der Waals surface area (Å²) in [7, 11) is 3.95. The van der Waals surface area contributed by atoms with Gasteiger partial charge in [0.25, 0.3) is 0 Å². The van der Waals surface area contributed by atoms with Crippen molar-refractivity contribution < 1.29 is 9.84 Å². The molecule has 0 amide bonds. The van der Waals surface area contributed by atoms with E-state index in [0.29, 0.717) is 17.4 Å². The van der Waals surface area contributed by atoms with E-state index in [1.165, 1.54) is 25.9 Å². The fourth-order valence-electron chi connectivity index (χ4n) is 6.33. The number of ether oxygens (including phenoxy) is 1. The number of nitrogens with one attached hydrogen (secondary N) is 1. The third-order valence-electron chi connectivity index (χ3n) is 8.94. The maximum absolute atomic E-state index is 9.75. The maximum Gasteiger partial charge on any atom is 0.151 e. The third kappa shape index (κ3) is 5.27. The van der Waals surface area contributed by atoms with Crippen LogP contribution >= 0.6 is 0 Å². The van der Waals surface area contributed by atoms with Crippen molar-refractivity contribution in [1.29, 1.82) is 0 Å². The first-order valence-electron chi connectivity index (χ1n) is 14.7. The van der Waals surface area contributed by atoms with Gasteiger partial charge in [-0.2, -0.15) is 0 Å². The molecule has 3 fully saturated rings. The monoisotopic (exact) mass is 546 g/mol. The van der Waals surface area contributed by atoms with Crippen LogP contribution in [0.25, 0.3) is 22.2 Å². The molecule has 3 aliphatic rings. The molecular formula is C30H42N8O2. The average molecular weight is 547 g/mol. The number of hydrogen-bond acceptors (Lipinski definition) is 10. The molecule has 0 spiro atoms. The molecule has 1 aliphatic carbocycles. The number of aromatic nitrogens is 3. The van der Waals surface area contributed by atoms with E-state index >= 15 is 0 Å². The summed E-state index contributed by atoms with van der Waals surface area (Å²) in [5.74, 6) is 1.98. The molecule has 0 unspecified atom stereocenters. The summed E-state index contributed by atoms with van der Waals surface area (Å²) in [6.45, 7) is 8.77. The van der Waals surface area contributed by atoms with E-state index in [2.05, 4.69) is 57.2 Å². The van der Waals surface area contributed by atoms with Crippen LogP contribution < -0.4 is 20.7 Å². The smallest absolute Gasteiger partial charge is 0.151 e. The Kier molecular flexibility index (Phi) is 7.65. The second-order valence-corrected chi connectivity index (χ2v) is 11.5. The number of pyridine rings is 1. The number of hydrogen-bond donors (Lipinski definition) is 3. The molecule has 40 heavy (non-hydrogen) atoms. The van der Waals surface area contributed by atoms with E-state index in [1.54, 1.807) is 13.3 Å². The number of aryl methyl sites for hydroxylation is 1. The molecule has 10 heteroatoms. The second-order valence-electron chi connectivity index (χ2n) is 11.5. The zero-order valence-electron chi connectivity index (χ0n) is 23.9. The molecule has 2 aliphatic heterocycles. The van der Waals surface area contributed by atoms with Gasteiger partial charge in [0.05, 0.1) is 24.6 Å². The number of rotatable bonds is 7. The highest BCUT2D eigenvalue weighted by Crippen LogP contribution is 2.38. The maximum atomic E-state index is 9.75. The molecule has 0 bridgehead atoms. The molecule has 0 radical (unpaired) electrons. The zero-order valence-corrected chi connectivity index (χ0v) is 23.9. The van der Waals surface area contributed by atoms with Gasteiger partial charge in [0.1, 0.15) is 22.6 Å². The van der Waals surface area contributed by atoms with E-state index < -0.39 is 0 Å². The van der Waals surface area contributed by atoms with Crippen LogP contribution in [0.15, 0.2) is 24.4 Å². The topological polar surface area (TPSA) is 116 Å². The van der Waals surface area contributed by atoms with Crippen molar-refractivity contribution in [3.05, 3.63) is 30.1 Å². The Morgan fingerprint density at radius 2 is 1.80 bits per heavy atom. The first-order chi connectivity index (χ1) is 19.4. The van der Waals surface area contributed by atoms with Crippen LogP contribution in [0.4, 0.5) is 17.3 Å². The first kappa shape index (κ1) is 27.0. The lowest BCUT2D eigenvalue weighted by Gasteiger charge is -2.42. The molecule has 6 rings (SSSR count). The lowest BCUT2D eigenvalue weighted by Crippen LogP contribution is -2.52. The Balaban J connectivity index is 1.26. The number of aliphatic hydroxyl groups is 1. The van der Waals surface area contributed by atoms with E-state index in [0.717, 1.165) is 85.0 Å². The molecule has 1 aromatic carbocycles. The van der Waals surface area contributed by atoms with Crippen LogP contribution in [0, 0.1) is 0 Å². The van der Waals surface area contributed by atoms with Gasteiger partial charge in [-0.05, 0) is 56.8 Å². The number of fused-ring (bicyclic) bond motifs is 1. The number of nitrogens with zero attached hydrogens (tertiary/aromatic N) is 6. The first-order valence-corrected chi connectivity index (χ1v) is 14.7. The SMILES string of the molecule is CCc1nc2c(N)ncc(-c3ccc(N4CCC(N5CCN(C)CC5)CC4)c(OC)c3)c2nc1NC1CC(O)C1. The summed E-state index contributed by atoms with van der Waals surface area (Å²) in [6, 6.07) is 7.24. The van der Waals surface area contributed by atoms with Gasteiger partial charge in [-0.25, -0.2) is 15.0 Å². The molecule has 4 N–H and O–H groups in total. The number of likely N-dealkylation sites (N-methyl/N-ethyl adjacent to an activating group) is 1. The molecule has 3 aromatic rings. The van der Waals surface area contributed by atoms with Gasteiger partial charge in [0.15, 0.2) is 5.82 Å². The Labute approximate surface area is 236 Å². The normalized spacial score (nSPS) is 22.9. The summed E-state index contributed by atoms with van der Waals surface area (Å²) in [4.78, 5) is 21.9. The minimum Gasteiger partial charge on any atom is -0.495 e. The van der Waals surface area contributed by atoms with Crippen LogP contribution in [0.3, 0.4) is 0 Å². The van der Waals surface area contributed by atoms with Gasteiger partial charge < -0.3 is 30.7 Å². The summed E-state index contributed by atoms with van der Waals surface area (Å²) in [5, 5.41) is 13.2. The minimum absolute atomic E-state index is 0.203. The van der Waals surface area contributed by atoms with Gasteiger partial charge >= 0.3 is 0 Å². The van der Waals surface area contributed by atoms with Gasteiger partial charge in [0, 0.05) is 63.1 Å². The van der Waals surface area contributed by atoms with E-state index in [1.807, 2.05) is 0 Å². The number of piperidine rings is 1. The van der Waals surface area contributed by atoms with Crippen LogP contribution in [0.2, 0.25) is 0 Å². The molecule has 1 saturated carbocycles. The van der Waals surface area contributed by atoms with Crippen molar-refractivity contribution in [1.82, 2.24) is 24.8 Å². The molecule has 214 valence electrons. The molecular weight excluding hydrogens is 504 g/mol. The van der Waals surface area contributed by atoms with Crippen LogP contribution in [-0.2, 0) is 6.42 Å². The van der Waals surface area contributed by atoms with Gasteiger partial charge in [-0.15, -0.1) is 0 Å². The van der Waals surface area contributed by atoms with E-state index in [-0.39, 0.29) is 12.1 Å². The Morgan fingerprint density at radius 3 is 2.48 bits per heavy atom. The van der Waals surface area contributed by atoms with Crippen molar-refractivity contribution in [2.24, 2.45) is 0 Å². The summed E-state index contributed by atoms with van der Waals surface area (Å²) < 4.78 is 5.92. The van der Waals surface area contributed by atoms with Crippen molar-refractivity contribution in [2.45, 2.75) is 57.2 Å². The number of benzene rings is 1. The van der Waals surface area contributed by atoms with Gasteiger partial charge in [0.2, 0.25) is 0 Å². The molecule has 4 heterocycles. The summed E-state index contributed by atoms with van der Waals surface area (Å²) in [6.07, 6.45) is 6.05. The van der Waals surface area contributed by atoms with Crippen molar-refractivity contribution >= 4 is 28.4 Å². The fraction of sp³-hybridized carbons (Fsp3) is 0.567. The highest BCUT2D eigenvalue weighted by molar-refractivity contribution is 5.97. The number of nitrogens with two attached hydrogens (primary N) is 1. The molecule has 2 saturated heterocycles. The van der Waals surface area contributed by atoms with E-state index in [9.17, 15) is 5.11 Å². The Hall–Kier alpha value is -3.21. The van der Waals surface area contributed by atoms with Crippen molar-refractivity contribution in [3.63, 3.8) is 0 Å². The van der Waals surface area contributed by atoms with Crippen molar-refractivity contribution in [3.8, 4) is 16.9 Å². The predicted octanol–water partition coefficient (Wildman–Crippen LogP) is 3.00. The quantitative estimate of drug-likeness (QED) is 0.408. The number of piperazine rings is 1. The highest BCUT2D eigenvalue weighted by atomic mass is 16.5. The fourth-order valence-corrected chi connectivity index (χ4v) is 6.33. The number of anilines is 3. The van der Waals surface area contributed by atoms with E-state index in [4.69, 9.17) is 20.4 Å². The summed E-state index contributed by atoms with van der Waals surface area (Å²) in [5.41, 5.74) is 11.4. The average Bonchev–Trinajstić information content (AvgIpc) is 2.96. The van der Waals surface area contributed by atoms with Crippen LogP contribution in [-0.4, -0.2) is 101 Å². The summed E-state index contributed by atoms with van der Waals surface area (Å²) >= 11 is 0. The molecule has 2 aromatic heterocycles. The Bertz CT molecular complexity index is 1350. The predicted molar refractivity (Wildman–Crippen MR) is 160 cm³/mol. The molecule has 10 nitrogen and oxygen atoms in total. The zero-order chi connectivity index (χ0) is 27.8.